The van der Waals surface area contributed by atoms with Crippen LogP contribution in [-0.2, 0) is 4.79 Å². The van der Waals surface area contributed by atoms with Gasteiger partial charge in [-0.1, -0.05) is 13.8 Å². The second-order valence-corrected chi connectivity index (χ2v) is 3.68. The van der Waals surface area contributed by atoms with E-state index in [1.807, 2.05) is 0 Å². The van der Waals surface area contributed by atoms with E-state index in [0.29, 0.717) is 0 Å². The predicted molar refractivity (Wildman–Crippen MR) is 42.5 cm³/mol. The van der Waals surface area contributed by atoms with Crippen LogP contribution in [-0.4, -0.2) is 19.0 Å². The molecule has 1 heterocycles. The molecule has 1 saturated heterocycles. The first-order valence-corrected chi connectivity index (χ1v) is 3.79. The molecule has 0 radical (unpaired) electrons. The van der Waals surface area contributed by atoms with Gasteiger partial charge in [0.15, 0.2) is 0 Å². The van der Waals surface area contributed by atoms with Crippen LogP contribution < -0.4 is 16.6 Å². The quantitative estimate of drug-likeness (QED) is 0.266. The number of hydrogen-bond acceptors (Lipinski definition) is 3. The average Bonchev–Trinajstić information content (AvgIpc) is 2.28. The lowest BCUT2D eigenvalue weighted by Crippen LogP contribution is -2.41. The highest BCUT2D eigenvalue weighted by atomic mass is 16.2. The largest absolute Gasteiger partial charge is 0.315 e. The summed E-state index contributed by atoms with van der Waals surface area (Å²) in [6, 6.07) is 0. The molecule has 1 rings (SSSR count). The molecule has 1 aliphatic rings. The summed E-state index contributed by atoms with van der Waals surface area (Å²) in [5, 5.41) is 3.16. The minimum absolute atomic E-state index is 0.00694. The van der Waals surface area contributed by atoms with Crippen LogP contribution in [0.3, 0.4) is 0 Å². The molecule has 0 bridgehead atoms. The number of hydrazine groups is 1. The summed E-state index contributed by atoms with van der Waals surface area (Å²) in [5.41, 5.74) is 2.21. The van der Waals surface area contributed by atoms with E-state index in [2.05, 4.69) is 24.6 Å². The Morgan fingerprint density at radius 2 is 2.36 bits per heavy atom. The maximum absolute atomic E-state index is 11.2. The number of amides is 1. The fraction of sp³-hybridized carbons (Fsp3) is 0.857. The van der Waals surface area contributed by atoms with Crippen LogP contribution in [0.1, 0.15) is 13.8 Å². The predicted octanol–water partition coefficient (Wildman–Crippen LogP) is -0.778. The molecule has 0 aromatic carbocycles. The Labute approximate surface area is 66.5 Å². The van der Waals surface area contributed by atoms with E-state index in [0.717, 1.165) is 13.1 Å². The van der Waals surface area contributed by atoms with E-state index in [4.69, 9.17) is 5.84 Å². The van der Waals surface area contributed by atoms with Crippen molar-refractivity contribution in [3.63, 3.8) is 0 Å². The van der Waals surface area contributed by atoms with Gasteiger partial charge in [0.25, 0.3) is 0 Å². The highest BCUT2D eigenvalue weighted by Gasteiger charge is 2.38. The number of nitrogens with two attached hydrogens (primary N) is 1. The Bertz CT molecular complexity index is 167. The van der Waals surface area contributed by atoms with Crippen LogP contribution in [0.25, 0.3) is 0 Å². The van der Waals surface area contributed by atoms with E-state index in [1.165, 1.54) is 0 Å². The van der Waals surface area contributed by atoms with E-state index < -0.39 is 0 Å². The Kier molecular flexibility index (Phi) is 2.15. The van der Waals surface area contributed by atoms with Gasteiger partial charge in [-0.05, 0) is 5.41 Å². The molecule has 11 heavy (non-hydrogen) atoms. The monoisotopic (exact) mass is 157 g/mol. The summed E-state index contributed by atoms with van der Waals surface area (Å²) in [6.07, 6.45) is 0. The van der Waals surface area contributed by atoms with Crippen molar-refractivity contribution in [3.8, 4) is 0 Å². The van der Waals surface area contributed by atoms with Gasteiger partial charge < -0.3 is 5.32 Å². The molecule has 0 spiro atoms. The van der Waals surface area contributed by atoms with Gasteiger partial charge in [-0.3, -0.25) is 10.2 Å². The van der Waals surface area contributed by atoms with Crippen LogP contribution in [0.2, 0.25) is 0 Å². The van der Waals surface area contributed by atoms with Gasteiger partial charge in [-0.15, -0.1) is 0 Å². The van der Waals surface area contributed by atoms with Crippen LogP contribution in [0.4, 0.5) is 0 Å². The fourth-order valence-electron chi connectivity index (χ4n) is 1.49. The van der Waals surface area contributed by atoms with E-state index in [9.17, 15) is 4.79 Å². The van der Waals surface area contributed by atoms with Crippen molar-refractivity contribution in [1.29, 1.82) is 0 Å². The molecule has 1 unspecified atom stereocenters. The topological polar surface area (TPSA) is 67.2 Å². The lowest BCUT2D eigenvalue weighted by atomic mass is 9.82. The van der Waals surface area contributed by atoms with Crippen molar-refractivity contribution in [3.05, 3.63) is 0 Å². The van der Waals surface area contributed by atoms with Crippen molar-refractivity contribution < 1.29 is 4.79 Å². The third-order valence-electron chi connectivity index (χ3n) is 2.33. The van der Waals surface area contributed by atoms with Crippen LogP contribution >= 0.6 is 0 Å². The zero-order valence-electron chi connectivity index (χ0n) is 6.98. The molecule has 64 valence electrons. The van der Waals surface area contributed by atoms with E-state index in [-0.39, 0.29) is 17.2 Å². The fourth-order valence-corrected chi connectivity index (χ4v) is 1.49. The Hall–Kier alpha value is -0.610. The third kappa shape index (κ3) is 1.52. The number of carbonyl (C=O) groups excluding carboxylic acids is 1. The minimum Gasteiger partial charge on any atom is -0.315 e. The first kappa shape index (κ1) is 8.49. The normalized spacial score (nSPS) is 28.5. The molecule has 4 N–H and O–H groups in total. The number of nitrogens with one attached hydrogen (secondary N) is 2. The van der Waals surface area contributed by atoms with Gasteiger partial charge in [-0.25, -0.2) is 5.84 Å². The van der Waals surface area contributed by atoms with Crippen LogP contribution in [0.15, 0.2) is 0 Å². The average molecular weight is 157 g/mol. The summed E-state index contributed by atoms with van der Waals surface area (Å²) in [7, 11) is 0. The van der Waals surface area contributed by atoms with Gasteiger partial charge in [0, 0.05) is 13.1 Å². The maximum atomic E-state index is 11.2. The zero-order chi connectivity index (χ0) is 8.48. The van der Waals surface area contributed by atoms with E-state index in [1.54, 1.807) is 0 Å². The van der Waals surface area contributed by atoms with Crippen molar-refractivity contribution in [2.24, 2.45) is 17.2 Å². The number of hydrogen-bond donors (Lipinski definition) is 3. The van der Waals surface area contributed by atoms with Gasteiger partial charge in [0.1, 0.15) is 0 Å². The minimum atomic E-state index is -0.0694. The molecule has 0 aromatic heterocycles. The van der Waals surface area contributed by atoms with Crippen LogP contribution in [0, 0.1) is 11.3 Å². The van der Waals surface area contributed by atoms with Crippen molar-refractivity contribution >= 4 is 5.91 Å². The Morgan fingerprint density at radius 3 is 2.73 bits per heavy atom. The molecule has 1 aliphatic heterocycles. The van der Waals surface area contributed by atoms with Gasteiger partial charge in [0.2, 0.25) is 5.91 Å². The summed E-state index contributed by atoms with van der Waals surface area (Å²) >= 11 is 0. The van der Waals surface area contributed by atoms with Gasteiger partial charge >= 0.3 is 0 Å². The summed E-state index contributed by atoms with van der Waals surface area (Å²) in [6.45, 7) is 5.74. The van der Waals surface area contributed by atoms with Gasteiger partial charge in [0.05, 0.1) is 5.92 Å². The second kappa shape index (κ2) is 2.79. The lowest BCUT2D eigenvalue weighted by Gasteiger charge is -2.23. The SMILES string of the molecule is CC1(C)CNCC1C(=O)NN. The molecular weight excluding hydrogens is 142 g/mol. The lowest BCUT2D eigenvalue weighted by molar-refractivity contribution is -0.126. The first-order valence-electron chi connectivity index (χ1n) is 3.79. The number of rotatable bonds is 1. The molecule has 0 saturated carbocycles. The Balaban J connectivity index is 2.64. The standard InChI is InChI=1S/C7H15N3O/c1-7(2)4-9-3-5(7)6(11)10-8/h5,9H,3-4,8H2,1-2H3,(H,10,11). The van der Waals surface area contributed by atoms with Crippen molar-refractivity contribution in [2.75, 3.05) is 13.1 Å². The molecule has 0 aliphatic carbocycles. The molecule has 1 fully saturated rings. The summed E-state index contributed by atoms with van der Waals surface area (Å²) in [5.74, 6) is 4.98. The molecule has 1 amide bonds. The first-order chi connectivity index (χ1) is 5.08. The Morgan fingerprint density at radius 1 is 1.73 bits per heavy atom. The van der Waals surface area contributed by atoms with E-state index >= 15 is 0 Å². The summed E-state index contributed by atoms with van der Waals surface area (Å²) in [4.78, 5) is 11.2. The van der Waals surface area contributed by atoms with Gasteiger partial charge in [-0.2, -0.15) is 0 Å². The molecule has 4 nitrogen and oxygen atoms in total. The smallest absolute Gasteiger partial charge is 0.238 e. The molecular formula is C7H15N3O. The highest BCUT2D eigenvalue weighted by molar-refractivity contribution is 5.79. The third-order valence-corrected chi connectivity index (χ3v) is 2.33. The van der Waals surface area contributed by atoms with Crippen molar-refractivity contribution in [1.82, 2.24) is 10.7 Å². The second-order valence-electron chi connectivity index (χ2n) is 3.68. The maximum Gasteiger partial charge on any atom is 0.238 e. The zero-order valence-corrected chi connectivity index (χ0v) is 6.98. The summed E-state index contributed by atoms with van der Waals surface area (Å²) < 4.78 is 0. The molecule has 0 aromatic rings. The molecule has 1 atom stereocenters. The molecule has 4 heteroatoms. The van der Waals surface area contributed by atoms with Crippen molar-refractivity contribution in [2.45, 2.75) is 13.8 Å². The number of carbonyl (C=O) groups is 1. The van der Waals surface area contributed by atoms with Crippen LogP contribution in [0.5, 0.6) is 0 Å². The highest BCUT2D eigenvalue weighted by Crippen LogP contribution is 2.29.